The highest BCUT2D eigenvalue weighted by Gasteiger charge is 2.31. The van der Waals surface area contributed by atoms with Gasteiger partial charge >= 0.3 is 0 Å². The highest BCUT2D eigenvalue weighted by atomic mass is 16.5. The molecule has 3 unspecified atom stereocenters. The second kappa shape index (κ2) is 6.02. The van der Waals surface area contributed by atoms with Gasteiger partial charge in [0.05, 0.1) is 12.7 Å². The van der Waals surface area contributed by atoms with Crippen LogP contribution in [-0.2, 0) is 4.74 Å². The fourth-order valence-electron chi connectivity index (χ4n) is 3.44. The van der Waals surface area contributed by atoms with E-state index in [0.717, 1.165) is 25.0 Å². The third kappa shape index (κ3) is 3.21. The van der Waals surface area contributed by atoms with E-state index in [4.69, 9.17) is 4.74 Å². The molecular weight excluding hydrogens is 198 g/mol. The monoisotopic (exact) mass is 225 g/mol. The Morgan fingerprint density at radius 3 is 2.62 bits per heavy atom. The quantitative estimate of drug-likeness (QED) is 0.776. The Morgan fingerprint density at radius 2 is 2.06 bits per heavy atom. The predicted octanol–water partition coefficient (Wildman–Crippen LogP) is 2.97. The minimum Gasteiger partial charge on any atom is -0.378 e. The first-order valence-electron chi connectivity index (χ1n) is 7.14. The van der Waals surface area contributed by atoms with Crippen LogP contribution in [0.5, 0.6) is 0 Å². The Kier molecular flexibility index (Phi) is 4.66. The second-order valence-corrected chi connectivity index (χ2v) is 5.69. The van der Waals surface area contributed by atoms with E-state index in [1.165, 1.54) is 38.5 Å². The standard InChI is InChI=1S/C14H27NO/c1-3-15-14(9-12-6-4-5-7-12)13-8-11(2)16-10-13/h11-15H,3-10H2,1-2H3. The maximum Gasteiger partial charge on any atom is 0.0551 e. The van der Waals surface area contributed by atoms with Crippen LogP contribution in [0.15, 0.2) is 0 Å². The van der Waals surface area contributed by atoms with Crippen molar-refractivity contribution in [1.82, 2.24) is 5.32 Å². The molecule has 0 aromatic heterocycles. The van der Waals surface area contributed by atoms with Gasteiger partial charge in [-0.15, -0.1) is 0 Å². The van der Waals surface area contributed by atoms with Crippen molar-refractivity contribution in [2.45, 2.75) is 64.5 Å². The molecule has 0 spiro atoms. The van der Waals surface area contributed by atoms with Gasteiger partial charge in [0.1, 0.15) is 0 Å². The fraction of sp³-hybridized carbons (Fsp3) is 1.00. The summed E-state index contributed by atoms with van der Waals surface area (Å²) in [5.74, 6) is 1.75. The summed E-state index contributed by atoms with van der Waals surface area (Å²) < 4.78 is 5.72. The number of ether oxygens (including phenoxy) is 1. The highest BCUT2D eigenvalue weighted by Crippen LogP contribution is 2.32. The number of rotatable bonds is 5. The lowest BCUT2D eigenvalue weighted by molar-refractivity contribution is 0.115. The second-order valence-electron chi connectivity index (χ2n) is 5.69. The van der Waals surface area contributed by atoms with Crippen LogP contribution in [-0.4, -0.2) is 25.3 Å². The first-order valence-corrected chi connectivity index (χ1v) is 7.14. The van der Waals surface area contributed by atoms with Gasteiger partial charge in [-0.1, -0.05) is 32.6 Å². The molecule has 1 saturated carbocycles. The zero-order chi connectivity index (χ0) is 11.4. The molecule has 2 rings (SSSR count). The summed E-state index contributed by atoms with van der Waals surface area (Å²) in [5, 5.41) is 3.69. The Bertz CT molecular complexity index is 201. The maximum atomic E-state index is 5.72. The van der Waals surface area contributed by atoms with E-state index in [9.17, 15) is 0 Å². The summed E-state index contributed by atoms with van der Waals surface area (Å²) in [6, 6.07) is 0.707. The van der Waals surface area contributed by atoms with Crippen molar-refractivity contribution in [3.05, 3.63) is 0 Å². The molecule has 0 aromatic carbocycles. The summed E-state index contributed by atoms with van der Waals surface area (Å²) >= 11 is 0. The average molecular weight is 225 g/mol. The summed E-state index contributed by atoms with van der Waals surface area (Å²) in [7, 11) is 0. The van der Waals surface area contributed by atoms with Crippen molar-refractivity contribution >= 4 is 0 Å². The van der Waals surface area contributed by atoms with Crippen LogP contribution in [0.25, 0.3) is 0 Å². The van der Waals surface area contributed by atoms with Crippen LogP contribution < -0.4 is 5.32 Å². The van der Waals surface area contributed by atoms with Crippen molar-refractivity contribution in [3.8, 4) is 0 Å². The van der Waals surface area contributed by atoms with Crippen LogP contribution in [0.3, 0.4) is 0 Å². The maximum absolute atomic E-state index is 5.72. The molecule has 1 aliphatic heterocycles. The lowest BCUT2D eigenvalue weighted by atomic mass is 9.88. The van der Waals surface area contributed by atoms with E-state index in [-0.39, 0.29) is 0 Å². The van der Waals surface area contributed by atoms with Gasteiger partial charge in [0.15, 0.2) is 0 Å². The molecule has 0 bridgehead atoms. The van der Waals surface area contributed by atoms with Crippen LogP contribution in [0, 0.1) is 11.8 Å². The highest BCUT2D eigenvalue weighted by molar-refractivity contribution is 4.85. The van der Waals surface area contributed by atoms with E-state index in [2.05, 4.69) is 19.2 Å². The Balaban J connectivity index is 1.83. The molecule has 2 fully saturated rings. The van der Waals surface area contributed by atoms with Crippen LogP contribution in [0.2, 0.25) is 0 Å². The normalized spacial score (nSPS) is 33.4. The topological polar surface area (TPSA) is 21.3 Å². The summed E-state index contributed by atoms with van der Waals surface area (Å²) in [6.07, 6.45) is 8.96. The molecule has 2 nitrogen and oxygen atoms in total. The molecule has 2 aliphatic rings. The van der Waals surface area contributed by atoms with Gasteiger partial charge in [0, 0.05) is 12.0 Å². The van der Waals surface area contributed by atoms with Gasteiger partial charge in [-0.3, -0.25) is 0 Å². The fourth-order valence-corrected chi connectivity index (χ4v) is 3.44. The zero-order valence-electron chi connectivity index (χ0n) is 10.9. The summed E-state index contributed by atoms with van der Waals surface area (Å²) in [5.41, 5.74) is 0. The van der Waals surface area contributed by atoms with Crippen molar-refractivity contribution in [1.29, 1.82) is 0 Å². The lowest BCUT2D eigenvalue weighted by Crippen LogP contribution is -2.38. The molecule has 1 N–H and O–H groups in total. The number of nitrogens with one attached hydrogen (secondary N) is 1. The van der Waals surface area contributed by atoms with Crippen molar-refractivity contribution in [3.63, 3.8) is 0 Å². The molecule has 0 aromatic rings. The Hall–Kier alpha value is -0.0800. The summed E-state index contributed by atoms with van der Waals surface area (Å²) in [6.45, 7) is 6.51. The van der Waals surface area contributed by atoms with Gasteiger partial charge in [-0.25, -0.2) is 0 Å². The van der Waals surface area contributed by atoms with Crippen LogP contribution in [0.4, 0.5) is 0 Å². The van der Waals surface area contributed by atoms with Crippen LogP contribution >= 0.6 is 0 Å². The molecule has 1 heterocycles. The SMILES string of the molecule is CCNC(CC1CCCC1)C1COC(C)C1. The van der Waals surface area contributed by atoms with E-state index < -0.39 is 0 Å². The van der Waals surface area contributed by atoms with Crippen molar-refractivity contribution < 1.29 is 4.74 Å². The summed E-state index contributed by atoms with van der Waals surface area (Å²) in [4.78, 5) is 0. The van der Waals surface area contributed by atoms with Gasteiger partial charge in [-0.2, -0.15) is 0 Å². The smallest absolute Gasteiger partial charge is 0.0551 e. The van der Waals surface area contributed by atoms with Gasteiger partial charge in [0.25, 0.3) is 0 Å². The Morgan fingerprint density at radius 1 is 1.31 bits per heavy atom. The van der Waals surface area contributed by atoms with Crippen molar-refractivity contribution in [2.75, 3.05) is 13.2 Å². The molecule has 16 heavy (non-hydrogen) atoms. The average Bonchev–Trinajstić information content (AvgIpc) is 2.88. The largest absolute Gasteiger partial charge is 0.378 e. The Labute approximate surface area is 100 Å². The van der Waals surface area contributed by atoms with Crippen LogP contribution in [0.1, 0.15) is 52.4 Å². The van der Waals surface area contributed by atoms with Gasteiger partial charge in [-0.05, 0) is 32.2 Å². The van der Waals surface area contributed by atoms with E-state index in [0.29, 0.717) is 12.1 Å². The molecule has 0 radical (unpaired) electrons. The van der Waals surface area contributed by atoms with E-state index in [1.807, 2.05) is 0 Å². The molecular formula is C14H27NO. The minimum absolute atomic E-state index is 0.481. The van der Waals surface area contributed by atoms with Gasteiger partial charge < -0.3 is 10.1 Å². The molecule has 1 saturated heterocycles. The third-order valence-corrected chi connectivity index (χ3v) is 4.33. The molecule has 0 amide bonds. The molecule has 2 heteroatoms. The van der Waals surface area contributed by atoms with Crippen molar-refractivity contribution in [2.24, 2.45) is 11.8 Å². The minimum atomic E-state index is 0.481. The predicted molar refractivity (Wildman–Crippen MR) is 67.6 cm³/mol. The van der Waals surface area contributed by atoms with E-state index >= 15 is 0 Å². The van der Waals surface area contributed by atoms with E-state index in [1.54, 1.807) is 0 Å². The lowest BCUT2D eigenvalue weighted by Gasteiger charge is -2.26. The first kappa shape index (κ1) is 12.4. The van der Waals surface area contributed by atoms with Gasteiger partial charge in [0.2, 0.25) is 0 Å². The third-order valence-electron chi connectivity index (χ3n) is 4.33. The number of hydrogen-bond acceptors (Lipinski definition) is 2. The number of hydrogen-bond donors (Lipinski definition) is 1. The first-order chi connectivity index (χ1) is 7.79. The molecule has 1 aliphatic carbocycles. The molecule has 94 valence electrons. The zero-order valence-corrected chi connectivity index (χ0v) is 10.9. The molecule has 3 atom stereocenters.